The molecular weight excluding hydrogens is 500 g/mol. The van der Waals surface area contributed by atoms with Gasteiger partial charge < -0.3 is 20.7 Å². The number of methoxy groups -OCH3 is 1. The van der Waals surface area contributed by atoms with Gasteiger partial charge in [0, 0.05) is 27.3 Å². The number of aliphatic imine (C=N–C) groups is 1. The monoisotopic (exact) mass is 528 g/mol. The van der Waals surface area contributed by atoms with E-state index in [1.165, 1.54) is 12.8 Å². The van der Waals surface area contributed by atoms with Crippen molar-refractivity contribution in [3.05, 3.63) is 29.6 Å². The van der Waals surface area contributed by atoms with Gasteiger partial charge in [-0.05, 0) is 36.8 Å². The van der Waals surface area contributed by atoms with Crippen LogP contribution >= 0.6 is 24.0 Å². The number of nitrogens with zero attached hydrogens (tertiary/aromatic N) is 1. The molecule has 0 heterocycles. The number of anilines is 1. The highest BCUT2D eigenvalue weighted by Gasteiger charge is 2.33. The second-order valence-electron chi connectivity index (χ2n) is 7.00. The number of amides is 1. The van der Waals surface area contributed by atoms with Gasteiger partial charge in [-0.3, -0.25) is 9.79 Å². The lowest BCUT2D eigenvalue weighted by molar-refractivity contribution is -0.115. The molecule has 29 heavy (non-hydrogen) atoms. The Morgan fingerprint density at radius 2 is 1.86 bits per heavy atom. The smallest absolute Gasteiger partial charge is 0.243 e. The normalized spacial score (nSPS) is 15.6. The zero-order chi connectivity index (χ0) is 20.6. The average molecular weight is 528 g/mol. The Morgan fingerprint density at radius 1 is 1.17 bits per heavy atom. The molecule has 0 aliphatic heterocycles. The number of halogens is 4. The fourth-order valence-corrected chi connectivity index (χ4v) is 3.43. The average Bonchev–Trinajstić information content (AvgIpc) is 3.16. The summed E-state index contributed by atoms with van der Waals surface area (Å²) in [6.45, 7) is 1.19. The van der Waals surface area contributed by atoms with Gasteiger partial charge in [-0.2, -0.15) is 0 Å². The highest BCUT2D eigenvalue weighted by atomic mass is 127. The van der Waals surface area contributed by atoms with Crippen LogP contribution in [0.3, 0.4) is 0 Å². The first kappa shape index (κ1) is 25.5. The van der Waals surface area contributed by atoms with Gasteiger partial charge in [0.25, 0.3) is 0 Å². The molecule has 1 amide bonds. The first-order valence-electron chi connectivity index (χ1n) is 9.27. The molecule has 0 spiro atoms. The van der Waals surface area contributed by atoms with E-state index in [0.29, 0.717) is 19.1 Å². The maximum absolute atomic E-state index is 13.6. The van der Waals surface area contributed by atoms with Crippen molar-refractivity contribution in [2.75, 3.05) is 39.2 Å². The number of ether oxygens (including phenoxy) is 1. The SMILES string of the molecule is CN=C(NCC(=O)Nc1ccc(F)c(F)c1F)NCC1(CCOC)CCCC1.I. The molecule has 0 bridgehead atoms. The van der Waals surface area contributed by atoms with Crippen LogP contribution in [-0.4, -0.2) is 45.7 Å². The second-order valence-corrected chi connectivity index (χ2v) is 7.00. The molecule has 0 radical (unpaired) electrons. The molecule has 0 atom stereocenters. The van der Waals surface area contributed by atoms with Crippen LogP contribution in [0.1, 0.15) is 32.1 Å². The van der Waals surface area contributed by atoms with Gasteiger partial charge in [0.05, 0.1) is 12.2 Å². The highest BCUT2D eigenvalue weighted by Crippen LogP contribution is 2.40. The van der Waals surface area contributed by atoms with E-state index in [-0.39, 0.29) is 35.9 Å². The molecule has 1 aromatic rings. The Bertz CT molecular complexity index is 713. The summed E-state index contributed by atoms with van der Waals surface area (Å²) in [5.74, 6) is -4.54. The summed E-state index contributed by atoms with van der Waals surface area (Å²) in [5, 5.41) is 8.27. The van der Waals surface area contributed by atoms with Gasteiger partial charge in [-0.15, -0.1) is 24.0 Å². The number of benzene rings is 1. The molecule has 0 saturated heterocycles. The van der Waals surface area contributed by atoms with Crippen molar-refractivity contribution in [2.45, 2.75) is 32.1 Å². The van der Waals surface area contributed by atoms with Crippen molar-refractivity contribution in [3.8, 4) is 0 Å². The predicted octanol–water partition coefficient (Wildman–Crippen LogP) is 3.42. The molecule has 164 valence electrons. The summed E-state index contributed by atoms with van der Waals surface area (Å²) in [6.07, 6.45) is 5.52. The largest absolute Gasteiger partial charge is 0.385 e. The number of nitrogens with one attached hydrogen (secondary N) is 3. The van der Waals surface area contributed by atoms with Gasteiger partial charge in [0.1, 0.15) is 0 Å². The first-order valence-corrected chi connectivity index (χ1v) is 9.27. The Balaban J connectivity index is 0.00000420. The summed E-state index contributed by atoms with van der Waals surface area (Å²) in [6, 6.07) is 1.72. The summed E-state index contributed by atoms with van der Waals surface area (Å²) >= 11 is 0. The van der Waals surface area contributed by atoms with Crippen molar-refractivity contribution in [3.63, 3.8) is 0 Å². The minimum atomic E-state index is -1.62. The van der Waals surface area contributed by atoms with E-state index in [4.69, 9.17) is 4.74 Å². The minimum absolute atomic E-state index is 0. The van der Waals surface area contributed by atoms with Crippen molar-refractivity contribution < 1.29 is 22.7 Å². The number of hydrogen-bond donors (Lipinski definition) is 3. The number of carbonyl (C=O) groups excluding carboxylic acids is 1. The zero-order valence-corrected chi connectivity index (χ0v) is 18.9. The van der Waals surface area contributed by atoms with E-state index >= 15 is 0 Å². The standard InChI is InChI=1S/C19H27F3N4O2.HI/c1-23-18(25-12-19(9-10-28-2)7-3-4-8-19)24-11-15(27)26-14-6-5-13(20)16(21)17(14)22;/h5-6H,3-4,7-12H2,1-2H3,(H,26,27)(H2,23,24,25);1H. The molecule has 1 fully saturated rings. The Labute approximate surface area is 186 Å². The summed E-state index contributed by atoms with van der Waals surface area (Å²) in [7, 11) is 3.27. The molecule has 2 rings (SSSR count). The van der Waals surface area contributed by atoms with E-state index in [1.54, 1.807) is 14.2 Å². The number of hydrogen-bond acceptors (Lipinski definition) is 3. The summed E-state index contributed by atoms with van der Waals surface area (Å²) in [4.78, 5) is 16.1. The maximum Gasteiger partial charge on any atom is 0.243 e. The van der Waals surface area contributed by atoms with Gasteiger partial charge in [0.2, 0.25) is 5.91 Å². The number of carbonyl (C=O) groups is 1. The topological polar surface area (TPSA) is 74.8 Å². The van der Waals surface area contributed by atoms with E-state index < -0.39 is 29.0 Å². The van der Waals surface area contributed by atoms with Gasteiger partial charge in [-0.1, -0.05) is 12.8 Å². The molecule has 1 aliphatic carbocycles. The first-order chi connectivity index (χ1) is 13.4. The van der Waals surface area contributed by atoms with Crippen LogP contribution in [0.15, 0.2) is 17.1 Å². The van der Waals surface area contributed by atoms with Crippen LogP contribution in [-0.2, 0) is 9.53 Å². The van der Waals surface area contributed by atoms with Crippen LogP contribution < -0.4 is 16.0 Å². The van der Waals surface area contributed by atoms with Crippen LogP contribution in [0, 0.1) is 22.9 Å². The quantitative estimate of drug-likeness (QED) is 0.209. The lowest BCUT2D eigenvalue weighted by atomic mass is 9.83. The Hall–Kier alpha value is -1.56. The van der Waals surface area contributed by atoms with Gasteiger partial charge in [-0.25, -0.2) is 13.2 Å². The van der Waals surface area contributed by atoms with Crippen LogP contribution in [0.5, 0.6) is 0 Å². The van der Waals surface area contributed by atoms with Crippen LogP contribution in [0.25, 0.3) is 0 Å². The van der Waals surface area contributed by atoms with Crippen molar-refractivity contribution in [1.29, 1.82) is 0 Å². The third-order valence-electron chi connectivity index (χ3n) is 5.08. The summed E-state index contributed by atoms with van der Waals surface area (Å²) in [5.41, 5.74) is -0.275. The molecule has 1 aliphatic rings. The molecule has 0 aromatic heterocycles. The number of rotatable bonds is 8. The fraction of sp³-hybridized carbons (Fsp3) is 0.579. The van der Waals surface area contributed by atoms with Crippen molar-refractivity contribution >= 4 is 41.5 Å². The molecular formula is C19H28F3IN4O2. The predicted molar refractivity (Wildman–Crippen MR) is 117 cm³/mol. The Morgan fingerprint density at radius 3 is 2.48 bits per heavy atom. The van der Waals surface area contributed by atoms with Crippen LogP contribution in [0.2, 0.25) is 0 Å². The lowest BCUT2D eigenvalue weighted by Crippen LogP contribution is -2.45. The van der Waals surface area contributed by atoms with Gasteiger partial charge in [0.15, 0.2) is 23.4 Å². The zero-order valence-electron chi connectivity index (χ0n) is 16.6. The second kappa shape index (κ2) is 12.2. The Kier molecular flexibility index (Phi) is 10.7. The molecule has 1 saturated carbocycles. The van der Waals surface area contributed by atoms with E-state index in [0.717, 1.165) is 31.4 Å². The highest BCUT2D eigenvalue weighted by molar-refractivity contribution is 14.0. The molecule has 0 unspecified atom stereocenters. The molecule has 6 nitrogen and oxygen atoms in total. The molecule has 1 aromatic carbocycles. The van der Waals surface area contributed by atoms with Crippen LogP contribution in [0.4, 0.5) is 18.9 Å². The van der Waals surface area contributed by atoms with Crippen molar-refractivity contribution in [1.82, 2.24) is 10.6 Å². The minimum Gasteiger partial charge on any atom is -0.385 e. The third-order valence-corrected chi connectivity index (χ3v) is 5.08. The van der Waals surface area contributed by atoms with E-state index in [1.807, 2.05) is 0 Å². The third kappa shape index (κ3) is 7.32. The van der Waals surface area contributed by atoms with Crippen molar-refractivity contribution in [2.24, 2.45) is 10.4 Å². The van der Waals surface area contributed by atoms with Gasteiger partial charge >= 0.3 is 0 Å². The van der Waals surface area contributed by atoms with E-state index in [2.05, 4.69) is 20.9 Å². The van der Waals surface area contributed by atoms with E-state index in [9.17, 15) is 18.0 Å². The maximum atomic E-state index is 13.6. The molecule has 3 N–H and O–H groups in total. The fourth-order valence-electron chi connectivity index (χ4n) is 3.43. The summed E-state index contributed by atoms with van der Waals surface area (Å²) < 4.78 is 45.0. The molecule has 10 heteroatoms. The lowest BCUT2D eigenvalue weighted by Gasteiger charge is -2.29. The number of guanidine groups is 1.